The van der Waals surface area contributed by atoms with E-state index >= 15 is 0 Å². The van der Waals surface area contributed by atoms with Gasteiger partial charge in [-0.15, -0.1) is 22.7 Å². The second kappa shape index (κ2) is 4.28. The number of sulfonamides is 1. The monoisotopic (exact) mass is 302 g/mol. The third-order valence-corrected chi connectivity index (χ3v) is 7.10. The van der Waals surface area contributed by atoms with Crippen molar-refractivity contribution in [1.82, 2.24) is 5.32 Å². The molecule has 7 heteroatoms. The zero-order valence-corrected chi connectivity index (χ0v) is 12.3. The van der Waals surface area contributed by atoms with Gasteiger partial charge in [-0.25, -0.2) is 13.6 Å². The highest BCUT2D eigenvalue weighted by atomic mass is 32.2. The van der Waals surface area contributed by atoms with Gasteiger partial charge in [-0.1, -0.05) is 0 Å². The van der Waals surface area contributed by atoms with Crippen molar-refractivity contribution in [3.8, 4) is 0 Å². The predicted octanol–water partition coefficient (Wildman–Crippen LogP) is 2.28. The Morgan fingerprint density at radius 2 is 2.11 bits per heavy atom. The Labute approximate surface area is 114 Å². The molecule has 1 unspecified atom stereocenters. The summed E-state index contributed by atoms with van der Waals surface area (Å²) in [7, 11) is -1.59. The predicted molar refractivity (Wildman–Crippen MR) is 75.6 cm³/mol. The summed E-state index contributed by atoms with van der Waals surface area (Å²) in [5, 5.41) is 9.48. The summed E-state index contributed by atoms with van der Waals surface area (Å²) in [5.74, 6) is 0.737. The number of thiophene rings is 2. The van der Waals surface area contributed by atoms with E-state index in [0.29, 0.717) is 6.04 Å². The molecule has 0 saturated heterocycles. The van der Waals surface area contributed by atoms with E-state index in [1.165, 1.54) is 29.1 Å². The van der Waals surface area contributed by atoms with Gasteiger partial charge in [-0.3, -0.25) is 0 Å². The average Bonchev–Trinajstić information content (AvgIpc) is 2.87. The Morgan fingerprint density at radius 3 is 2.61 bits per heavy atom. The van der Waals surface area contributed by atoms with Gasteiger partial charge in [0.2, 0.25) is 10.0 Å². The van der Waals surface area contributed by atoms with Gasteiger partial charge in [0.25, 0.3) is 0 Å². The van der Waals surface area contributed by atoms with E-state index in [1.54, 1.807) is 17.4 Å². The molecule has 1 aliphatic carbocycles. The van der Waals surface area contributed by atoms with Gasteiger partial charge in [-0.05, 0) is 37.9 Å². The molecule has 0 bridgehead atoms. The number of rotatable bonds is 4. The lowest BCUT2D eigenvalue weighted by atomic mass is 10.1. The smallest absolute Gasteiger partial charge is 0.247 e. The molecule has 3 rings (SSSR count). The van der Waals surface area contributed by atoms with E-state index in [1.807, 2.05) is 7.05 Å². The zero-order chi connectivity index (χ0) is 12.9. The quantitative estimate of drug-likeness (QED) is 0.910. The van der Waals surface area contributed by atoms with Crippen LogP contribution < -0.4 is 10.5 Å². The molecule has 0 aromatic carbocycles. The summed E-state index contributed by atoms with van der Waals surface area (Å²) in [5.41, 5.74) is 0. The van der Waals surface area contributed by atoms with Crippen molar-refractivity contribution >= 4 is 42.1 Å². The standard InChI is InChI=1S/C11H14N2O2S3/c1-13-10(6-2-3-6)8-4-7-5-9(18(12,14)15)17-11(7)16-8/h4-6,10,13H,2-3H2,1H3,(H2,12,14,15). The van der Waals surface area contributed by atoms with Gasteiger partial charge >= 0.3 is 0 Å². The fraction of sp³-hybridized carbons (Fsp3) is 0.455. The van der Waals surface area contributed by atoms with Crippen molar-refractivity contribution in [3.63, 3.8) is 0 Å². The summed E-state index contributed by atoms with van der Waals surface area (Å²) in [4.78, 5) is 1.29. The number of hydrogen-bond acceptors (Lipinski definition) is 5. The van der Waals surface area contributed by atoms with E-state index in [4.69, 9.17) is 5.14 Å². The van der Waals surface area contributed by atoms with Crippen LogP contribution >= 0.6 is 22.7 Å². The van der Waals surface area contributed by atoms with Gasteiger partial charge in [-0.2, -0.15) is 0 Å². The Balaban J connectivity index is 2.00. The molecule has 2 aromatic rings. The van der Waals surface area contributed by atoms with Crippen molar-refractivity contribution in [2.24, 2.45) is 11.1 Å². The van der Waals surface area contributed by atoms with Crippen LogP contribution in [0, 0.1) is 5.92 Å². The number of hydrogen-bond donors (Lipinski definition) is 2. The summed E-state index contributed by atoms with van der Waals surface area (Å²) in [6.07, 6.45) is 2.55. The second-order valence-electron chi connectivity index (χ2n) is 4.61. The lowest BCUT2D eigenvalue weighted by molar-refractivity contribution is 0.538. The van der Waals surface area contributed by atoms with Crippen molar-refractivity contribution in [1.29, 1.82) is 0 Å². The lowest BCUT2D eigenvalue weighted by Gasteiger charge is -2.12. The summed E-state index contributed by atoms with van der Waals surface area (Å²) in [6.45, 7) is 0. The lowest BCUT2D eigenvalue weighted by Crippen LogP contribution is -2.16. The van der Waals surface area contributed by atoms with E-state index in [2.05, 4.69) is 11.4 Å². The highest BCUT2D eigenvalue weighted by Gasteiger charge is 2.32. The second-order valence-corrected chi connectivity index (χ2v) is 8.79. The molecule has 0 aliphatic heterocycles. The van der Waals surface area contributed by atoms with E-state index in [9.17, 15) is 8.42 Å². The van der Waals surface area contributed by atoms with Crippen LogP contribution in [0.25, 0.3) is 9.40 Å². The molecule has 18 heavy (non-hydrogen) atoms. The van der Waals surface area contributed by atoms with Crippen LogP contribution in [0.15, 0.2) is 16.3 Å². The van der Waals surface area contributed by atoms with Gasteiger partial charge in [0.05, 0.1) is 4.01 Å². The Hall–Kier alpha value is -0.470. The SMILES string of the molecule is CNC(c1cc2cc(S(N)(=O)=O)sc2s1)C1CC1. The van der Waals surface area contributed by atoms with Gasteiger partial charge in [0.1, 0.15) is 4.21 Å². The number of nitrogens with one attached hydrogen (secondary N) is 1. The topological polar surface area (TPSA) is 72.2 Å². The highest BCUT2D eigenvalue weighted by molar-refractivity contribution is 7.91. The number of nitrogens with two attached hydrogens (primary N) is 1. The van der Waals surface area contributed by atoms with E-state index in [-0.39, 0.29) is 4.21 Å². The first-order valence-electron chi connectivity index (χ1n) is 5.72. The first-order chi connectivity index (χ1) is 8.49. The fourth-order valence-electron chi connectivity index (χ4n) is 2.17. The molecule has 1 saturated carbocycles. The van der Waals surface area contributed by atoms with Crippen LogP contribution in [0.3, 0.4) is 0 Å². The Morgan fingerprint density at radius 1 is 1.39 bits per heavy atom. The molecule has 0 amide bonds. The van der Waals surface area contributed by atoms with Crippen LogP contribution in [0.2, 0.25) is 0 Å². The van der Waals surface area contributed by atoms with Crippen LogP contribution in [0.1, 0.15) is 23.8 Å². The maximum absolute atomic E-state index is 11.3. The fourth-order valence-corrected chi connectivity index (χ4v) is 5.74. The van der Waals surface area contributed by atoms with Crippen molar-refractivity contribution in [3.05, 3.63) is 17.0 Å². The van der Waals surface area contributed by atoms with E-state index in [0.717, 1.165) is 15.3 Å². The van der Waals surface area contributed by atoms with Crippen LogP contribution in [-0.4, -0.2) is 15.5 Å². The minimum atomic E-state index is -3.57. The van der Waals surface area contributed by atoms with E-state index < -0.39 is 10.0 Å². The van der Waals surface area contributed by atoms with Gasteiger partial charge < -0.3 is 5.32 Å². The number of primary sulfonamides is 1. The van der Waals surface area contributed by atoms with Crippen molar-refractivity contribution in [2.45, 2.75) is 23.1 Å². The summed E-state index contributed by atoms with van der Waals surface area (Å²) in [6, 6.07) is 4.17. The van der Waals surface area contributed by atoms with Crippen LogP contribution in [0.4, 0.5) is 0 Å². The normalized spacial score (nSPS) is 18.3. The Kier molecular flexibility index (Phi) is 2.98. The minimum absolute atomic E-state index is 0.253. The molecule has 3 N–H and O–H groups in total. The maximum atomic E-state index is 11.3. The molecule has 1 fully saturated rings. The molecule has 4 nitrogen and oxygen atoms in total. The summed E-state index contributed by atoms with van der Waals surface area (Å²) >= 11 is 2.93. The number of fused-ring (bicyclic) bond motifs is 1. The van der Waals surface area contributed by atoms with Gasteiger partial charge in [0, 0.05) is 16.3 Å². The van der Waals surface area contributed by atoms with Crippen molar-refractivity contribution in [2.75, 3.05) is 7.05 Å². The van der Waals surface area contributed by atoms with Crippen LogP contribution in [-0.2, 0) is 10.0 Å². The third-order valence-electron chi connectivity index (χ3n) is 3.20. The highest BCUT2D eigenvalue weighted by Crippen LogP contribution is 2.45. The molecular formula is C11H14N2O2S3. The first kappa shape index (κ1) is 12.6. The molecule has 2 heterocycles. The molecule has 1 aliphatic rings. The van der Waals surface area contributed by atoms with Crippen LogP contribution in [0.5, 0.6) is 0 Å². The molecule has 1 atom stereocenters. The largest absolute Gasteiger partial charge is 0.312 e. The molecule has 2 aromatic heterocycles. The maximum Gasteiger partial charge on any atom is 0.247 e. The van der Waals surface area contributed by atoms with Crippen molar-refractivity contribution < 1.29 is 8.42 Å². The first-order valence-corrected chi connectivity index (χ1v) is 8.90. The Bertz CT molecular complexity index is 651. The molecular weight excluding hydrogens is 288 g/mol. The molecule has 98 valence electrons. The summed E-state index contributed by atoms with van der Waals surface area (Å²) < 4.78 is 23.8. The minimum Gasteiger partial charge on any atom is -0.312 e. The zero-order valence-electron chi connectivity index (χ0n) is 9.84. The molecule has 0 spiro atoms. The molecule has 0 radical (unpaired) electrons. The third kappa shape index (κ3) is 2.21. The average molecular weight is 302 g/mol. The van der Waals surface area contributed by atoms with Gasteiger partial charge in [0.15, 0.2) is 0 Å².